The van der Waals surface area contributed by atoms with E-state index in [2.05, 4.69) is 207 Å². The largest absolute Gasteiger partial charge is 0.456 e. The molecule has 0 saturated heterocycles. The molecule has 10 rings (SSSR count). The molecule has 0 bridgehead atoms. The number of para-hydroxylation sites is 1. The van der Waals surface area contributed by atoms with Gasteiger partial charge in [-0.25, -0.2) is 0 Å². The van der Waals surface area contributed by atoms with Gasteiger partial charge in [0.15, 0.2) is 0 Å². The molecule has 2 aliphatic rings. The van der Waals surface area contributed by atoms with E-state index in [-0.39, 0.29) is 16.2 Å². The molecule has 282 valence electrons. The van der Waals surface area contributed by atoms with Crippen LogP contribution < -0.4 is 4.90 Å². The van der Waals surface area contributed by atoms with Gasteiger partial charge < -0.3 is 9.32 Å². The lowest BCUT2D eigenvalue weighted by atomic mass is 9.79. The zero-order valence-electron chi connectivity index (χ0n) is 34.7. The first-order valence-electron chi connectivity index (χ1n) is 20.6. The fraction of sp³-hybridized carbons (Fsp3) is 0.236. The summed E-state index contributed by atoms with van der Waals surface area (Å²) in [7, 11) is 0. The number of rotatable bonds is 5. The summed E-state index contributed by atoms with van der Waals surface area (Å²) in [6.07, 6.45) is 0. The molecule has 2 heteroatoms. The third-order valence-corrected chi connectivity index (χ3v) is 13.2. The molecule has 0 aliphatic heterocycles. The highest BCUT2D eigenvalue weighted by Gasteiger charge is 2.38. The van der Waals surface area contributed by atoms with Gasteiger partial charge in [-0.3, -0.25) is 0 Å². The molecule has 0 saturated carbocycles. The van der Waals surface area contributed by atoms with Crippen LogP contribution in [0.3, 0.4) is 0 Å². The highest BCUT2D eigenvalue weighted by molar-refractivity contribution is 6.07. The minimum Gasteiger partial charge on any atom is -0.456 e. The third kappa shape index (κ3) is 5.37. The van der Waals surface area contributed by atoms with Gasteiger partial charge in [0.2, 0.25) is 0 Å². The van der Waals surface area contributed by atoms with Crippen molar-refractivity contribution in [3.8, 4) is 33.4 Å². The highest BCUT2D eigenvalue weighted by Crippen LogP contribution is 2.53. The molecular formula is C55H51NO. The molecule has 0 atom stereocenters. The van der Waals surface area contributed by atoms with Gasteiger partial charge in [-0.05, 0) is 127 Å². The smallest absolute Gasteiger partial charge is 0.138 e. The average molecular weight is 742 g/mol. The van der Waals surface area contributed by atoms with Crippen molar-refractivity contribution < 1.29 is 4.42 Å². The number of benzene rings is 7. The molecular weight excluding hydrogens is 691 g/mol. The van der Waals surface area contributed by atoms with E-state index in [9.17, 15) is 0 Å². The quantitative estimate of drug-likeness (QED) is 0.175. The number of hydrogen-bond donors (Lipinski definition) is 0. The Bertz CT molecular complexity index is 2910. The maximum atomic E-state index is 6.43. The standard InChI is InChI=1S/C55H51NO/c1-33(2)40-14-12-15-45-46-29-35(19-28-51(46)57-52(40)45)34-17-21-37(22-18-34)56(38-23-26-43-41-13-10-11-16-47(41)54(6,7)49(43)31-38)39-24-27-44-42-25-20-36(53(3,4)5)30-48(42)55(8,9)50(44)32-39/h10-33H,1-9H3. The van der Waals surface area contributed by atoms with Crippen LogP contribution in [0.4, 0.5) is 17.1 Å². The number of fused-ring (bicyclic) bond motifs is 9. The van der Waals surface area contributed by atoms with E-state index in [1.54, 1.807) is 0 Å². The van der Waals surface area contributed by atoms with Crippen LogP contribution in [0, 0.1) is 0 Å². The van der Waals surface area contributed by atoms with Crippen molar-refractivity contribution in [3.63, 3.8) is 0 Å². The van der Waals surface area contributed by atoms with Crippen LogP contribution in [0.25, 0.3) is 55.3 Å². The summed E-state index contributed by atoms with van der Waals surface area (Å²) in [6, 6.07) is 52.6. The Hall–Kier alpha value is -5.86. The Kier molecular flexibility index (Phi) is 7.68. The van der Waals surface area contributed by atoms with Crippen LogP contribution in [-0.2, 0) is 16.2 Å². The molecule has 2 aliphatic carbocycles. The monoisotopic (exact) mass is 741 g/mol. The van der Waals surface area contributed by atoms with Crippen molar-refractivity contribution in [2.24, 2.45) is 0 Å². The molecule has 0 fully saturated rings. The van der Waals surface area contributed by atoms with Gasteiger partial charge in [-0.15, -0.1) is 0 Å². The summed E-state index contributed by atoms with van der Waals surface area (Å²) >= 11 is 0. The highest BCUT2D eigenvalue weighted by atomic mass is 16.3. The Morgan fingerprint density at radius 1 is 0.491 bits per heavy atom. The Morgan fingerprint density at radius 3 is 1.70 bits per heavy atom. The summed E-state index contributed by atoms with van der Waals surface area (Å²) < 4.78 is 6.43. The Labute approximate surface area is 337 Å². The van der Waals surface area contributed by atoms with Crippen LogP contribution in [0.2, 0.25) is 0 Å². The van der Waals surface area contributed by atoms with Crippen LogP contribution in [0.5, 0.6) is 0 Å². The maximum absolute atomic E-state index is 6.43. The first-order chi connectivity index (χ1) is 27.2. The molecule has 1 aromatic heterocycles. The van der Waals surface area contributed by atoms with Crippen molar-refractivity contribution in [3.05, 3.63) is 173 Å². The van der Waals surface area contributed by atoms with Crippen LogP contribution in [0.15, 0.2) is 144 Å². The number of anilines is 3. The second-order valence-electron chi connectivity index (χ2n) is 18.8. The molecule has 0 N–H and O–H groups in total. The molecule has 0 radical (unpaired) electrons. The van der Waals surface area contributed by atoms with Crippen molar-refractivity contribution in [1.29, 1.82) is 0 Å². The lowest BCUT2D eigenvalue weighted by molar-refractivity contribution is 0.584. The Balaban J connectivity index is 1.10. The summed E-state index contributed by atoms with van der Waals surface area (Å²) in [5, 5.41) is 2.34. The lowest BCUT2D eigenvalue weighted by Crippen LogP contribution is -2.19. The average Bonchev–Trinajstić information content (AvgIpc) is 3.77. The fourth-order valence-corrected chi connectivity index (χ4v) is 9.87. The van der Waals surface area contributed by atoms with Gasteiger partial charge in [0.1, 0.15) is 11.2 Å². The molecule has 2 nitrogen and oxygen atoms in total. The van der Waals surface area contributed by atoms with E-state index < -0.39 is 0 Å². The van der Waals surface area contributed by atoms with Crippen molar-refractivity contribution in [2.75, 3.05) is 4.90 Å². The van der Waals surface area contributed by atoms with Gasteiger partial charge in [0.25, 0.3) is 0 Å². The van der Waals surface area contributed by atoms with E-state index in [0.29, 0.717) is 5.92 Å². The van der Waals surface area contributed by atoms with Crippen LogP contribution >= 0.6 is 0 Å². The summed E-state index contributed by atoms with van der Waals surface area (Å²) in [5.41, 5.74) is 21.2. The van der Waals surface area contributed by atoms with Gasteiger partial charge in [-0.1, -0.05) is 153 Å². The molecule has 0 unspecified atom stereocenters. The SMILES string of the molecule is CC(C)c1cccc2c1oc1ccc(-c3ccc(N(c4ccc5c(c4)C(C)(C)c4ccccc4-5)c4ccc5c(c4)C(C)(C)c4cc(C(C)(C)C)ccc4-5)cc3)cc12. The summed E-state index contributed by atoms with van der Waals surface area (Å²) in [4.78, 5) is 2.46. The predicted octanol–water partition coefficient (Wildman–Crippen LogP) is 15.8. The van der Waals surface area contributed by atoms with Gasteiger partial charge >= 0.3 is 0 Å². The zero-order valence-corrected chi connectivity index (χ0v) is 34.7. The maximum Gasteiger partial charge on any atom is 0.138 e. The first kappa shape index (κ1) is 35.5. The Morgan fingerprint density at radius 2 is 1.05 bits per heavy atom. The molecule has 8 aromatic rings. The minimum absolute atomic E-state index is 0.0877. The topological polar surface area (TPSA) is 16.4 Å². The molecule has 57 heavy (non-hydrogen) atoms. The minimum atomic E-state index is -0.134. The van der Waals surface area contributed by atoms with E-state index in [1.807, 2.05) is 0 Å². The predicted molar refractivity (Wildman–Crippen MR) is 242 cm³/mol. The summed E-state index contributed by atoms with van der Waals surface area (Å²) in [6.45, 7) is 20.9. The van der Waals surface area contributed by atoms with Crippen LogP contribution in [0.1, 0.15) is 102 Å². The molecule has 0 amide bonds. The van der Waals surface area contributed by atoms with E-state index in [0.717, 1.165) is 27.9 Å². The van der Waals surface area contributed by atoms with Crippen molar-refractivity contribution in [2.45, 2.75) is 84.5 Å². The summed E-state index contributed by atoms with van der Waals surface area (Å²) in [5.74, 6) is 0.393. The fourth-order valence-electron chi connectivity index (χ4n) is 9.87. The van der Waals surface area contributed by atoms with E-state index >= 15 is 0 Å². The van der Waals surface area contributed by atoms with Gasteiger partial charge in [0, 0.05) is 38.7 Å². The van der Waals surface area contributed by atoms with Gasteiger partial charge in [-0.2, -0.15) is 0 Å². The second kappa shape index (κ2) is 12.3. The van der Waals surface area contributed by atoms with Crippen LogP contribution in [-0.4, -0.2) is 0 Å². The second-order valence-corrected chi connectivity index (χ2v) is 18.8. The molecule has 1 heterocycles. The van der Waals surface area contributed by atoms with E-state index in [4.69, 9.17) is 4.42 Å². The number of furan rings is 1. The third-order valence-electron chi connectivity index (χ3n) is 13.2. The van der Waals surface area contributed by atoms with Gasteiger partial charge in [0.05, 0.1) is 0 Å². The molecule has 7 aromatic carbocycles. The van der Waals surface area contributed by atoms with Crippen molar-refractivity contribution in [1.82, 2.24) is 0 Å². The first-order valence-corrected chi connectivity index (χ1v) is 20.6. The van der Waals surface area contributed by atoms with E-state index in [1.165, 1.54) is 77.8 Å². The zero-order chi connectivity index (χ0) is 39.6. The molecule has 0 spiro atoms. The normalized spacial score (nSPS) is 14.8. The lowest BCUT2D eigenvalue weighted by Gasteiger charge is -2.30. The van der Waals surface area contributed by atoms with Crippen molar-refractivity contribution >= 4 is 39.0 Å². The number of hydrogen-bond acceptors (Lipinski definition) is 2. The number of nitrogens with zero attached hydrogens (tertiary/aromatic N) is 1.